The van der Waals surface area contributed by atoms with E-state index in [0.29, 0.717) is 0 Å². The zero-order valence-corrected chi connectivity index (χ0v) is 17.2. The lowest BCUT2D eigenvalue weighted by molar-refractivity contribution is 0.711. The third-order valence-electron chi connectivity index (χ3n) is 4.37. The predicted octanol–water partition coefficient (Wildman–Crippen LogP) is 8.40. The second-order valence-corrected chi connectivity index (χ2v) is 6.80. The summed E-state index contributed by atoms with van der Waals surface area (Å²) in [5.74, 6) is 0. The van der Waals surface area contributed by atoms with E-state index >= 15 is 0 Å². The van der Waals surface area contributed by atoms with Gasteiger partial charge in [0.05, 0.1) is 13.1 Å². The second kappa shape index (κ2) is 13.5. The third kappa shape index (κ3) is 7.95. The minimum Gasteiger partial charge on any atom is -0.189 e. The van der Waals surface area contributed by atoms with E-state index in [4.69, 9.17) is 0 Å². The average Bonchev–Trinajstić information content (AvgIpc) is 2.73. The van der Waals surface area contributed by atoms with E-state index in [9.17, 15) is 0 Å². The van der Waals surface area contributed by atoms with Crippen molar-refractivity contribution in [3.8, 4) is 0 Å². The fourth-order valence-electron chi connectivity index (χ4n) is 2.73. The molecule has 28 heavy (non-hydrogen) atoms. The molecular formula is C24H32N4. The minimum absolute atomic E-state index is 0.748. The molecule has 0 bridgehead atoms. The predicted molar refractivity (Wildman–Crippen MR) is 120 cm³/mol. The van der Waals surface area contributed by atoms with Crippen LogP contribution in [-0.2, 0) is 0 Å². The molecule has 0 saturated carbocycles. The highest BCUT2D eigenvalue weighted by molar-refractivity contribution is 5.80. The topological polar surface area (TPSA) is 49.4 Å². The zero-order valence-electron chi connectivity index (χ0n) is 17.2. The first-order chi connectivity index (χ1) is 13.8. The van der Waals surface area contributed by atoms with Gasteiger partial charge in [0, 0.05) is 5.56 Å². The Balaban J connectivity index is 2.21. The van der Waals surface area contributed by atoms with Crippen LogP contribution in [0.4, 0.5) is 11.4 Å². The summed E-state index contributed by atoms with van der Waals surface area (Å²) in [5, 5.41) is 17.7. The monoisotopic (exact) mass is 376 g/mol. The first kappa shape index (κ1) is 21.7. The Bertz CT molecular complexity index is 763. The van der Waals surface area contributed by atoms with Crippen LogP contribution in [0.15, 0.2) is 69.0 Å². The number of nitrogens with zero attached hydrogens (tertiary/aromatic N) is 4. The van der Waals surface area contributed by atoms with Crippen molar-refractivity contribution in [2.24, 2.45) is 20.5 Å². The molecule has 4 heteroatoms. The number of hydrogen-bond acceptors (Lipinski definition) is 4. The third-order valence-corrected chi connectivity index (χ3v) is 4.37. The fourth-order valence-corrected chi connectivity index (χ4v) is 2.73. The summed E-state index contributed by atoms with van der Waals surface area (Å²) >= 11 is 0. The quantitative estimate of drug-likeness (QED) is 0.203. The Morgan fingerprint density at radius 1 is 0.679 bits per heavy atom. The molecule has 0 atom stereocenters. The van der Waals surface area contributed by atoms with Gasteiger partial charge in [0.15, 0.2) is 0 Å². The van der Waals surface area contributed by atoms with Crippen LogP contribution in [0.3, 0.4) is 0 Å². The van der Waals surface area contributed by atoms with Gasteiger partial charge in [-0.3, -0.25) is 0 Å². The molecule has 0 N–H and O–H groups in total. The molecule has 0 aliphatic heterocycles. The van der Waals surface area contributed by atoms with Crippen molar-refractivity contribution in [2.75, 3.05) is 13.1 Å². The molecule has 148 valence electrons. The van der Waals surface area contributed by atoms with Gasteiger partial charge in [-0.1, -0.05) is 94.1 Å². The van der Waals surface area contributed by atoms with Crippen LogP contribution in [0.2, 0.25) is 0 Å². The van der Waals surface area contributed by atoms with Crippen molar-refractivity contribution < 1.29 is 0 Å². The van der Waals surface area contributed by atoms with Crippen LogP contribution in [0.1, 0.15) is 63.5 Å². The Hall–Kier alpha value is -2.62. The summed E-state index contributed by atoms with van der Waals surface area (Å²) in [6.45, 7) is 5.89. The zero-order chi connectivity index (χ0) is 19.9. The molecule has 0 amide bonds. The highest BCUT2D eigenvalue weighted by Gasteiger charge is 2.06. The maximum Gasteiger partial charge on any atom is 0.120 e. The molecule has 2 aromatic rings. The van der Waals surface area contributed by atoms with Crippen molar-refractivity contribution >= 4 is 23.5 Å². The van der Waals surface area contributed by atoms with Gasteiger partial charge >= 0.3 is 0 Å². The highest BCUT2D eigenvalue weighted by atomic mass is 15.1. The van der Waals surface area contributed by atoms with Crippen molar-refractivity contribution in [2.45, 2.75) is 52.4 Å². The van der Waals surface area contributed by atoms with Crippen LogP contribution in [0.5, 0.6) is 0 Å². The Morgan fingerprint density at radius 3 is 2.04 bits per heavy atom. The van der Waals surface area contributed by atoms with E-state index in [1.165, 1.54) is 25.7 Å². The van der Waals surface area contributed by atoms with Crippen LogP contribution >= 0.6 is 0 Å². The Labute approximate surface area is 169 Å². The number of azo groups is 2. The molecule has 0 fully saturated rings. The molecule has 0 aromatic heterocycles. The Morgan fingerprint density at radius 2 is 1.36 bits per heavy atom. The van der Waals surface area contributed by atoms with Crippen LogP contribution < -0.4 is 0 Å². The Kier molecular flexibility index (Phi) is 10.5. The molecule has 0 aliphatic carbocycles. The van der Waals surface area contributed by atoms with Gasteiger partial charge in [-0.25, -0.2) is 0 Å². The molecule has 0 heterocycles. The molecule has 0 spiro atoms. The fraction of sp³-hybridized carbons (Fsp3) is 0.417. The van der Waals surface area contributed by atoms with Gasteiger partial charge in [0.25, 0.3) is 0 Å². The SMILES string of the molecule is CCCCCN=Nc1cccc(C=Cc2ccccc2)c1N=NCCCCC. The van der Waals surface area contributed by atoms with Gasteiger partial charge in [0.1, 0.15) is 11.4 Å². The second-order valence-electron chi connectivity index (χ2n) is 6.80. The summed E-state index contributed by atoms with van der Waals surface area (Å²) in [5.41, 5.74) is 3.74. The van der Waals surface area contributed by atoms with E-state index < -0.39 is 0 Å². The van der Waals surface area contributed by atoms with Gasteiger partial charge < -0.3 is 0 Å². The lowest BCUT2D eigenvalue weighted by atomic mass is 10.1. The molecule has 0 unspecified atom stereocenters. The van der Waals surface area contributed by atoms with E-state index in [2.05, 4.69) is 64.7 Å². The number of benzene rings is 2. The number of unbranched alkanes of at least 4 members (excludes halogenated alkanes) is 4. The van der Waals surface area contributed by atoms with Crippen molar-refractivity contribution in [1.82, 2.24) is 0 Å². The molecular weight excluding hydrogens is 344 g/mol. The molecule has 0 aliphatic rings. The van der Waals surface area contributed by atoms with Crippen LogP contribution in [-0.4, -0.2) is 13.1 Å². The molecule has 2 rings (SSSR count). The van der Waals surface area contributed by atoms with Gasteiger partial charge in [-0.2, -0.15) is 20.5 Å². The van der Waals surface area contributed by atoms with E-state index in [-0.39, 0.29) is 0 Å². The van der Waals surface area contributed by atoms with Crippen molar-refractivity contribution in [3.63, 3.8) is 0 Å². The van der Waals surface area contributed by atoms with E-state index in [1.54, 1.807) is 0 Å². The molecule has 4 nitrogen and oxygen atoms in total. The summed E-state index contributed by atoms with van der Waals surface area (Å²) in [4.78, 5) is 0. The van der Waals surface area contributed by atoms with Crippen molar-refractivity contribution in [1.29, 1.82) is 0 Å². The van der Waals surface area contributed by atoms with Crippen LogP contribution in [0.25, 0.3) is 12.2 Å². The molecule has 2 aromatic carbocycles. The average molecular weight is 377 g/mol. The summed E-state index contributed by atoms with van der Waals surface area (Å²) in [7, 11) is 0. The lowest BCUT2D eigenvalue weighted by Gasteiger charge is -2.04. The van der Waals surface area contributed by atoms with Gasteiger partial charge in [0.2, 0.25) is 0 Å². The van der Waals surface area contributed by atoms with Gasteiger partial charge in [-0.15, -0.1) is 0 Å². The summed E-state index contributed by atoms with van der Waals surface area (Å²) < 4.78 is 0. The molecule has 0 saturated heterocycles. The van der Waals surface area contributed by atoms with Gasteiger partial charge in [-0.05, 0) is 24.5 Å². The summed E-state index contributed by atoms with van der Waals surface area (Å²) in [6, 6.07) is 16.3. The first-order valence-corrected chi connectivity index (χ1v) is 10.5. The lowest BCUT2D eigenvalue weighted by Crippen LogP contribution is -1.81. The standard InChI is InChI=1S/C24H32N4/c1-3-5-10-19-25-27-23-16-12-15-22(18-17-21-13-8-7-9-14-21)24(23)28-26-20-11-6-4-2/h7-9,12-18H,3-6,10-11,19-20H2,1-2H3. The first-order valence-electron chi connectivity index (χ1n) is 10.5. The van der Waals surface area contributed by atoms with Crippen LogP contribution in [0, 0.1) is 0 Å². The van der Waals surface area contributed by atoms with E-state index in [1.807, 2.05) is 30.3 Å². The smallest absolute Gasteiger partial charge is 0.120 e. The number of rotatable bonds is 12. The maximum atomic E-state index is 4.53. The normalized spacial score (nSPS) is 11.9. The molecule has 0 radical (unpaired) electrons. The number of hydrogen-bond donors (Lipinski definition) is 0. The largest absolute Gasteiger partial charge is 0.189 e. The highest BCUT2D eigenvalue weighted by Crippen LogP contribution is 2.34. The minimum atomic E-state index is 0.748. The van der Waals surface area contributed by atoms with E-state index in [0.717, 1.165) is 48.4 Å². The van der Waals surface area contributed by atoms with Crippen molar-refractivity contribution in [3.05, 3.63) is 59.7 Å². The summed E-state index contributed by atoms with van der Waals surface area (Å²) in [6.07, 6.45) is 11.0. The maximum absolute atomic E-state index is 4.53.